The summed E-state index contributed by atoms with van der Waals surface area (Å²) in [6, 6.07) is 1.66. The number of pyridine rings is 1. The summed E-state index contributed by atoms with van der Waals surface area (Å²) >= 11 is 0. The number of nitrogens with zero attached hydrogens (tertiary/aromatic N) is 2. The van der Waals surface area contributed by atoms with Crippen LogP contribution in [0.5, 0.6) is 0 Å². The number of carbonyl (C=O) groups is 1. The van der Waals surface area contributed by atoms with Crippen LogP contribution in [-0.2, 0) is 0 Å². The number of rotatable bonds is 5. The molecule has 0 aliphatic heterocycles. The summed E-state index contributed by atoms with van der Waals surface area (Å²) in [5.74, 6) is 0.738. The third-order valence-electron chi connectivity index (χ3n) is 2.48. The highest BCUT2D eigenvalue weighted by Gasteiger charge is 2.12. The second kappa shape index (κ2) is 5.52. The van der Waals surface area contributed by atoms with E-state index in [2.05, 4.69) is 23.7 Å². The number of aromatic nitrogens is 1. The van der Waals surface area contributed by atoms with Gasteiger partial charge in [0.25, 0.3) is 5.91 Å². The summed E-state index contributed by atoms with van der Waals surface area (Å²) in [5, 5.41) is 0. The number of nitrogens with two attached hydrogens (primary N) is 2. The Kier molecular flexibility index (Phi) is 4.31. The lowest BCUT2D eigenvalue weighted by Crippen LogP contribution is -2.28. The van der Waals surface area contributed by atoms with Crippen LogP contribution in [0.1, 0.15) is 31.1 Å². The van der Waals surface area contributed by atoms with E-state index in [-0.39, 0.29) is 0 Å². The van der Waals surface area contributed by atoms with Crippen LogP contribution < -0.4 is 16.4 Å². The Balaban J connectivity index is 3.04. The van der Waals surface area contributed by atoms with Crippen LogP contribution >= 0.6 is 0 Å². The molecule has 1 aromatic heterocycles. The summed E-state index contributed by atoms with van der Waals surface area (Å²) in [6.07, 6.45) is 1.48. The van der Waals surface area contributed by atoms with Crippen molar-refractivity contribution in [3.63, 3.8) is 0 Å². The van der Waals surface area contributed by atoms with Gasteiger partial charge in [0.2, 0.25) is 0 Å². The van der Waals surface area contributed by atoms with E-state index in [4.69, 9.17) is 11.5 Å². The molecular weight excluding hydrogens is 216 g/mol. The Hall–Kier alpha value is -1.78. The molecule has 0 spiro atoms. The van der Waals surface area contributed by atoms with E-state index in [0.717, 1.165) is 18.9 Å². The van der Waals surface area contributed by atoms with Gasteiger partial charge in [-0.05, 0) is 18.9 Å². The van der Waals surface area contributed by atoms with Gasteiger partial charge in [-0.25, -0.2) is 4.98 Å². The zero-order chi connectivity index (χ0) is 13.0. The number of anilines is 2. The molecule has 0 unspecified atom stereocenters. The Labute approximate surface area is 102 Å². The molecule has 0 aliphatic rings. The molecule has 94 valence electrons. The molecule has 4 N–H and O–H groups in total. The number of hydrogen-bond donors (Lipinski definition) is 2. The van der Waals surface area contributed by atoms with Crippen LogP contribution in [0, 0.1) is 5.92 Å². The van der Waals surface area contributed by atoms with Crippen molar-refractivity contribution in [1.29, 1.82) is 0 Å². The zero-order valence-electron chi connectivity index (χ0n) is 10.6. The van der Waals surface area contributed by atoms with Gasteiger partial charge < -0.3 is 16.4 Å². The molecule has 0 saturated heterocycles. The topological polar surface area (TPSA) is 85.2 Å². The maximum absolute atomic E-state index is 11.2. The Morgan fingerprint density at radius 1 is 1.53 bits per heavy atom. The van der Waals surface area contributed by atoms with E-state index in [1.54, 1.807) is 6.07 Å². The minimum atomic E-state index is -0.522. The first-order valence-electron chi connectivity index (χ1n) is 5.76. The second-order valence-corrected chi connectivity index (χ2v) is 4.43. The SMILES string of the molecule is CCN(CC(C)C)c1cc(C(N)=O)c(N)cn1. The van der Waals surface area contributed by atoms with E-state index in [0.29, 0.717) is 17.2 Å². The summed E-state index contributed by atoms with van der Waals surface area (Å²) < 4.78 is 0. The molecule has 1 heterocycles. The Morgan fingerprint density at radius 3 is 2.65 bits per heavy atom. The average Bonchev–Trinajstić information content (AvgIpc) is 2.26. The summed E-state index contributed by atoms with van der Waals surface area (Å²) in [5.41, 5.74) is 11.6. The fraction of sp³-hybridized carbons (Fsp3) is 0.500. The van der Waals surface area contributed by atoms with Crippen molar-refractivity contribution in [2.45, 2.75) is 20.8 Å². The fourth-order valence-electron chi connectivity index (χ4n) is 1.67. The molecule has 0 saturated carbocycles. The Morgan fingerprint density at radius 2 is 2.18 bits per heavy atom. The van der Waals surface area contributed by atoms with Crippen LogP contribution in [0.2, 0.25) is 0 Å². The molecule has 5 heteroatoms. The van der Waals surface area contributed by atoms with Gasteiger partial charge in [-0.3, -0.25) is 4.79 Å². The molecule has 1 amide bonds. The molecule has 1 aromatic rings. The highest BCUT2D eigenvalue weighted by molar-refractivity contribution is 5.98. The van der Waals surface area contributed by atoms with Gasteiger partial charge in [0.05, 0.1) is 17.4 Å². The molecule has 0 aromatic carbocycles. The highest BCUT2D eigenvalue weighted by atomic mass is 16.1. The maximum atomic E-state index is 11.2. The predicted octanol–water partition coefficient (Wildman–Crippen LogP) is 1.25. The van der Waals surface area contributed by atoms with Crippen LogP contribution in [-0.4, -0.2) is 24.0 Å². The van der Waals surface area contributed by atoms with E-state index in [1.165, 1.54) is 6.20 Å². The minimum Gasteiger partial charge on any atom is -0.397 e. The average molecular weight is 236 g/mol. The zero-order valence-corrected chi connectivity index (χ0v) is 10.6. The quantitative estimate of drug-likeness (QED) is 0.805. The summed E-state index contributed by atoms with van der Waals surface area (Å²) in [7, 11) is 0. The van der Waals surface area contributed by atoms with Crippen molar-refractivity contribution in [3.05, 3.63) is 17.8 Å². The van der Waals surface area contributed by atoms with Crippen LogP contribution in [0.4, 0.5) is 11.5 Å². The summed E-state index contributed by atoms with van der Waals surface area (Å²) in [6.45, 7) is 8.02. The maximum Gasteiger partial charge on any atom is 0.250 e. The smallest absolute Gasteiger partial charge is 0.250 e. The van der Waals surface area contributed by atoms with Gasteiger partial charge in [0.15, 0.2) is 0 Å². The molecule has 0 aliphatic carbocycles. The first kappa shape index (κ1) is 13.3. The van der Waals surface area contributed by atoms with E-state index >= 15 is 0 Å². The van der Waals surface area contributed by atoms with Crippen molar-refractivity contribution in [2.75, 3.05) is 23.7 Å². The molecular formula is C12H20N4O. The molecule has 0 radical (unpaired) electrons. The number of carbonyl (C=O) groups excluding carboxylic acids is 1. The third-order valence-corrected chi connectivity index (χ3v) is 2.48. The van der Waals surface area contributed by atoms with E-state index < -0.39 is 5.91 Å². The first-order chi connectivity index (χ1) is 7.95. The monoisotopic (exact) mass is 236 g/mol. The van der Waals surface area contributed by atoms with Gasteiger partial charge in [-0.2, -0.15) is 0 Å². The largest absolute Gasteiger partial charge is 0.397 e. The normalized spacial score (nSPS) is 10.6. The van der Waals surface area contributed by atoms with Gasteiger partial charge in [0.1, 0.15) is 5.82 Å². The first-order valence-corrected chi connectivity index (χ1v) is 5.76. The minimum absolute atomic E-state index is 0.321. The Bertz CT molecular complexity index is 403. The highest BCUT2D eigenvalue weighted by Crippen LogP contribution is 2.18. The van der Waals surface area contributed by atoms with Gasteiger partial charge in [-0.1, -0.05) is 13.8 Å². The van der Waals surface area contributed by atoms with Crippen molar-refractivity contribution in [2.24, 2.45) is 11.7 Å². The van der Waals surface area contributed by atoms with Crippen LogP contribution in [0.15, 0.2) is 12.3 Å². The van der Waals surface area contributed by atoms with E-state index in [9.17, 15) is 4.79 Å². The molecule has 0 bridgehead atoms. The fourth-order valence-corrected chi connectivity index (χ4v) is 1.67. The lowest BCUT2D eigenvalue weighted by atomic mass is 10.2. The van der Waals surface area contributed by atoms with Gasteiger partial charge >= 0.3 is 0 Å². The van der Waals surface area contributed by atoms with E-state index in [1.807, 2.05) is 6.92 Å². The molecule has 17 heavy (non-hydrogen) atoms. The molecule has 0 fully saturated rings. The number of hydrogen-bond acceptors (Lipinski definition) is 4. The number of nitrogen functional groups attached to an aromatic ring is 1. The summed E-state index contributed by atoms with van der Waals surface area (Å²) in [4.78, 5) is 17.5. The van der Waals surface area contributed by atoms with Crippen molar-refractivity contribution >= 4 is 17.4 Å². The standard InChI is InChI=1S/C12H20N4O/c1-4-16(7-8(2)3)11-5-9(12(14)17)10(13)6-15-11/h5-6,8H,4,7,13H2,1-3H3,(H2,14,17). The number of primary amides is 1. The number of amides is 1. The predicted molar refractivity (Wildman–Crippen MR) is 69.9 cm³/mol. The van der Waals surface area contributed by atoms with Gasteiger partial charge in [-0.15, -0.1) is 0 Å². The lowest BCUT2D eigenvalue weighted by molar-refractivity contribution is 0.100. The van der Waals surface area contributed by atoms with Crippen molar-refractivity contribution in [3.8, 4) is 0 Å². The molecule has 5 nitrogen and oxygen atoms in total. The lowest BCUT2D eigenvalue weighted by Gasteiger charge is -2.24. The van der Waals surface area contributed by atoms with Crippen LogP contribution in [0.25, 0.3) is 0 Å². The van der Waals surface area contributed by atoms with Crippen molar-refractivity contribution in [1.82, 2.24) is 4.98 Å². The van der Waals surface area contributed by atoms with Crippen molar-refractivity contribution < 1.29 is 4.79 Å². The molecule has 1 rings (SSSR count). The van der Waals surface area contributed by atoms with Gasteiger partial charge in [0, 0.05) is 13.1 Å². The van der Waals surface area contributed by atoms with Crippen LogP contribution in [0.3, 0.4) is 0 Å². The third kappa shape index (κ3) is 3.34. The molecule has 0 atom stereocenters. The second-order valence-electron chi connectivity index (χ2n) is 4.43.